The minimum absolute atomic E-state index is 0. The van der Waals surface area contributed by atoms with Gasteiger partial charge in [0.1, 0.15) is 5.82 Å². The molecule has 2 rings (SSSR count). The van der Waals surface area contributed by atoms with Crippen LogP contribution in [0.4, 0.5) is 4.39 Å². The standard InChI is InChI=1S/C11H11ClFN3.ClH/c1-16-6-8(5-15-16)11(14)7-2-3-9(12)10(13)4-7;/h2-6,11H,14H2,1H3;1H. The van der Waals surface area contributed by atoms with E-state index in [-0.39, 0.29) is 23.5 Å². The van der Waals surface area contributed by atoms with Gasteiger partial charge in [-0.15, -0.1) is 12.4 Å². The lowest BCUT2D eigenvalue weighted by atomic mass is 10.0. The van der Waals surface area contributed by atoms with Crippen molar-refractivity contribution in [3.05, 3.63) is 52.6 Å². The molecule has 1 unspecified atom stereocenters. The maximum atomic E-state index is 13.3. The first-order chi connectivity index (χ1) is 7.58. The van der Waals surface area contributed by atoms with E-state index in [1.807, 2.05) is 0 Å². The van der Waals surface area contributed by atoms with Gasteiger partial charge in [0.05, 0.1) is 17.3 Å². The van der Waals surface area contributed by atoms with Crippen LogP contribution in [0.15, 0.2) is 30.6 Å². The largest absolute Gasteiger partial charge is 0.320 e. The van der Waals surface area contributed by atoms with Crippen molar-refractivity contribution in [2.24, 2.45) is 12.8 Å². The van der Waals surface area contributed by atoms with Crippen molar-refractivity contribution in [3.63, 3.8) is 0 Å². The van der Waals surface area contributed by atoms with Gasteiger partial charge in [0.2, 0.25) is 0 Å². The van der Waals surface area contributed by atoms with Gasteiger partial charge in [0, 0.05) is 18.8 Å². The molecule has 2 N–H and O–H groups in total. The van der Waals surface area contributed by atoms with Crippen LogP contribution in [-0.2, 0) is 7.05 Å². The second kappa shape index (κ2) is 5.49. The smallest absolute Gasteiger partial charge is 0.142 e. The first-order valence-electron chi connectivity index (χ1n) is 4.77. The van der Waals surface area contributed by atoms with Gasteiger partial charge in [-0.3, -0.25) is 4.68 Å². The van der Waals surface area contributed by atoms with E-state index in [9.17, 15) is 4.39 Å². The van der Waals surface area contributed by atoms with Gasteiger partial charge in [-0.05, 0) is 17.7 Å². The lowest BCUT2D eigenvalue weighted by Crippen LogP contribution is -2.11. The number of halogens is 3. The monoisotopic (exact) mass is 275 g/mol. The van der Waals surface area contributed by atoms with Crippen molar-refractivity contribution in [3.8, 4) is 0 Å². The fourth-order valence-electron chi connectivity index (χ4n) is 1.50. The summed E-state index contributed by atoms with van der Waals surface area (Å²) in [4.78, 5) is 0. The van der Waals surface area contributed by atoms with Crippen molar-refractivity contribution in [1.29, 1.82) is 0 Å². The predicted molar refractivity (Wildman–Crippen MR) is 67.9 cm³/mol. The molecule has 0 aliphatic rings. The molecular weight excluding hydrogens is 264 g/mol. The van der Waals surface area contributed by atoms with E-state index in [1.54, 1.807) is 30.2 Å². The van der Waals surface area contributed by atoms with Gasteiger partial charge >= 0.3 is 0 Å². The van der Waals surface area contributed by atoms with Crippen LogP contribution < -0.4 is 5.73 Å². The van der Waals surface area contributed by atoms with E-state index < -0.39 is 5.82 Å². The van der Waals surface area contributed by atoms with E-state index in [2.05, 4.69) is 5.10 Å². The number of aromatic nitrogens is 2. The number of aryl methyl sites for hydroxylation is 1. The van der Waals surface area contributed by atoms with Gasteiger partial charge in [0.25, 0.3) is 0 Å². The van der Waals surface area contributed by atoms with Crippen molar-refractivity contribution in [2.75, 3.05) is 0 Å². The van der Waals surface area contributed by atoms with E-state index in [0.29, 0.717) is 5.56 Å². The van der Waals surface area contributed by atoms with Crippen LogP contribution in [0.25, 0.3) is 0 Å². The van der Waals surface area contributed by atoms with Gasteiger partial charge in [0.15, 0.2) is 0 Å². The molecule has 1 heterocycles. The highest BCUT2D eigenvalue weighted by Gasteiger charge is 2.12. The van der Waals surface area contributed by atoms with Crippen LogP contribution in [0.3, 0.4) is 0 Å². The van der Waals surface area contributed by atoms with E-state index in [4.69, 9.17) is 17.3 Å². The summed E-state index contributed by atoms with van der Waals surface area (Å²) in [6.45, 7) is 0. The number of hydrogen-bond donors (Lipinski definition) is 1. The van der Waals surface area contributed by atoms with E-state index in [0.717, 1.165) is 5.56 Å². The lowest BCUT2D eigenvalue weighted by Gasteiger charge is -2.10. The molecular formula is C11H12Cl2FN3. The molecule has 0 fully saturated rings. The number of rotatable bonds is 2. The Labute approximate surface area is 110 Å². The molecule has 1 aromatic carbocycles. The summed E-state index contributed by atoms with van der Waals surface area (Å²) in [5.41, 5.74) is 7.50. The maximum absolute atomic E-state index is 13.3. The highest BCUT2D eigenvalue weighted by atomic mass is 35.5. The third-order valence-corrected chi connectivity index (χ3v) is 2.69. The van der Waals surface area contributed by atoms with Crippen molar-refractivity contribution in [1.82, 2.24) is 9.78 Å². The van der Waals surface area contributed by atoms with Gasteiger partial charge in [-0.1, -0.05) is 17.7 Å². The Balaban J connectivity index is 0.00000144. The first kappa shape index (κ1) is 14.0. The molecule has 0 radical (unpaired) electrons. The molecule has 0 aliphatic carbocycles. The lowest BCUT2D eigenvalue weighted by molar-refractivity contribution is 0.624. The van der Waals surface area contributed by atoms with Crippen molar-refractivity contribution >= 4 is 24.0 Å². The summed E-state index contributed by atoms with van der Waals surface area (Å²) in [6.07, 6.45) is 3.47. The van der Waals surface area contributed by atoms with E-state index in [1.165, 1.54) is 12.1 Å². The topological polar surface area (TPSA) is 43.8 Å². The van der Waals surface area contributed by atoms with Crippen LogP contribution in [0.2, 0.25) is 5.02 Å². The quantitative estimate of drug-likeness (QED) is 0.916. The molecule has 2 aromatic rings. The highest BCUT2D eigenvalue weighted by molar-refractivity contribution is 6.30. The Morgan fingerprint density at radius 3 is 2.65 bits per heavy atom. The Bertz CT molecular complexity index is 513. The zero-order valence-electron chi connectivity index (χ0n) is 9.10. The molecule has 17 heavy (non-hydrogen) atoms. The van der Waals surface area contributed by atoms with Crippen molar-refractivity contribution in [2.45, 2.75) is 6.04 Å². The summed E-state index contributed by atoms with van der Waals surface area (Å²) >= 11 is 5.60. The fourth-order valence-corrected chi connectivity index (χ4v) is 1.62. The third kappa shape index (κ3) is 2.97. The number of benzene rings is 1. The second-order valence-corrected chi connectivity index (χ2v) is 4.01. The third-order valence-electron chi connectivity index (χ3n) is 2.39. The molecule has 0 aliphatic heterocycles. The van der Waals surface area contributed by atoms with Gasteiger partial charge < -0.3 is 5.73 Å². The number of nitrogens with two attached hydrogens (primary N) is 1. The van der Waals surface area contributed by atoms with Crippen LogP contribution in [-0.4, -0.2) is 9.78 Å². The summed E-state index contributed by atoms with van der Waals surface area (Å²) in [5.74, 6) is -0.460. The number of hydrogen-bond acceptors (Lipinski definition) is 2. The minimum Gasteiger partial charge on any atom is -0.320 e. The summed E-state index contributed by atoms with van der Waals surface area (Å²) < 4.78 is 14.9. The molecule has 0 saturated carbocycles. The van der Waals surface area contributed by atoms with Crippen LogP contribution in [0.1, 0.15) is 17.2 Å². The molecule has 0 spiro atoms. The van der Waals surface area contributed by atoms with Crippen molar-refractivity contribution < 1.29 is 4.39 Å². The maximum Gasteiger partial charge on any atom is 0.142 e. The summed E-state index contributed by atoms with van der Waals surface area (Å²) in [5, 5.41) is 4.12. The zero-order valence-corrected chi connectivity index (χ0v) is 10.7. The summed E-state index contributed by atoms with van der Waals surface area (Å²) in [7, 11) is 1.80. The molecule has 1 aromatic heterocycles. The number of nitrogens with zero attached hydrogens (tertiary/aromatic N) is 2. The van der Waals surface area contributed by atoms with E-state index >= 15 is 0 Å². The highest BCUT2D eigenvalue weighted by Crippen LogP contribution is 2.23. The second-order valence-electron chi connectivity index (χ2n) is 3.60. The predicted octanol–water partition coefficient (Wildman–Crippen LogP) is 2.68. The zero-order chi connectivity index (χ0) is 11.7. The molecule has 0 saturated heterocycles. The molecule has 92 valence electrons. The Kier molecular flexibility index (Phi) is 4.51. The Morgan fingerprint density at radius 2 is 2.12 bits per heavy atom. The Morgan fingerprint density at radius 1 is 1.41 bits per heavy atom. The normalized spacial score (nSPS) is 12.0. The average Bonchev–Trinajstić information content (AvgIpc) is 2.68. The molecule has 3 nitrogen and oxygen atoms in total. The molecule has 6 heteroatoms. The molecule has 0 bridgehead atoms. The average molecular weight is 276 g/mol. The first-order valence-corrected chi connectivity index (χ1v) is 5.15. The molecule has 1 atom stereocenters. The minimum atomic E-state index is -0.460. The SMILES string of the molecule is Cl.Cn1cc(C(N)c2ccc(Cl)c(F)c2)cn1. The van der Waals surface area contributed by atoms with Crippen LogP contribution >= 0.6 is 24.0 Å². The fraction of sp³-hybridized carbons (Fsp3) is 0.182. The van der Waals surface area contributed by atoms with Gasteiger partial charge in [-0.25, -0.2) is 4.39 Å². The molecule has 0 amide bonds. The van der Waals surface area contributed by atoms with Gasteiger partial charge in [-0.2, -0.15) is 5.10 Å². The summed E-state index contributed by atoms with van der Waals surface area (Å²) in [6, 6.07) is 4.17. The van der Waals surface area contributed by atoms with Crippen LogP contribution in [0.5, 0.6) is 0 Å². The Hall–Kier alpha value is -1.10. The van der Waals surface area contributed by atoms with Crippen LogP contribution in [0, 0.1) is 5.82 Å².